The first kappa shape index (κ1) is 15.5. The van der Waals surface area contributed by atoms with Crippen LogP contribution in [0.4, 0.5) is 5.95 Å². The van der Waals surface area contributed by atoms with Gasteiger partial charge in [-0.25, -0.2) is 9.97 Å². The molecule has 0 saturated heterocycles. The van der Waals surface area contributed by atoms with E-state index in [9.17, 15) is 4.79 Å². The van der Waals surface area contributed by atoms with E-state index in [0.717, 1.165) is 18.4 Å². The van der Waals surface area contributed by atoms with Crippen molar-refractivity contribution >= 4 is 11.9 Å². The molecule has 1 heterocycles. The maximum atomic E-state index is 12.2. The van der Waals surface area contributed by atoms with Crippen molar-refractivity contribution in [3.05, 3.63) is 53.3 Å². The monoisotopic (exact) mass is 310 g/mol. The molecule has 0 bridgehead atoms. The van der Waals surface area contributed by atoms with Crippen LogP contribution in [0.5, 0.6) is 0 Å². The number of benzene rings is 1. The Bertz CT molecular complexity index is 663. The number of aryl methyl sites for hydroxylation is 1. The molecule has 3 rings (SSSR count). The van der Waals surface area contributed by atoms with Crippen molar-refractivity contribution in [2.75, 3.05) is 5.32 Å². The summed E-state index contributed by atoms with van der Waals surface area (Å²) in [6.45, 7) is 2.70. The summed E-state index contributed by atoms with van der Waals surface area (Å²) < 4.78 is 0. The smallest absolute Gasteiger partial charge is 0.270 e. The van der Waals surface area contributed by atoms with Crippen LogP contribution in [0.25, 0.3) is 0 Å². The fourth-order valence-corrected chi connectivity index (χ4v) is 2.79. The lowest BCUT2D eigenvalue weighted by atomic mass is 10.1. The number of hydrogen-bond acceptors (Lipinski definition) is 4. The van der Waals surface area contributed by atoms with E-state index in [2.05, 4.69) is 51.8 Å². The van der Waals surface area contributed by atoms with Crippen LogP contribution in [0.1, 0.15) is 47.3 Å². The third kappa shape index (κ3) is 4.28. The van der Waals surface area contributed by atoms with Gasteiger partial charge in [0.05, 0.1) is 0 Å². The highest BCUT2D eigenvalue weighted by atomic mass is 16.1. The molecule has 0 unspecified atom stereocenters. The molecule has 1 aliphatic rings. The fraction of sp³-hybridized carbons (Fsp3) is 0.389. The molecule has 1 aromatic carbocycles. The first-order valence-corrected chi connectivity index (χ1v) is 8.14. The maximum absolute atomic E-state index is 12.2. The number of carbonyl (C=O) groups is 1. The topological polar surface area (TPSA) is 66.9 Å². The quantitative estimate of drug-likeness (QED) is 0.890. The zero-order valence-corrected chi connectivity index (χ0v) is 13.4. The van der Waals surface area contributed by atoms with Crippen LogP contribution in [0.3, 0.4) is 0 Å². The molecular formula is C18H22N4O. The Labute approximate surface area is 136 Å². The number of hydrogen-bond donors (Lipinski definition) is 2. The van der Waals surface area contributed by atoms with Gasteiger partial charge in [-0.2, -0.15) is 0 Å². The molecule has 0 spiro atoms. The van der Waals surface area contributed by atoms with Crippen molar-refractivity contribution in [3.63, 3.8) is 0 Å². The molecule has 1 fully saturated rings. The second-order valence-corrected chi connectivity index (χ2v) is 6.06. The Balaban J connectivity index is 1.60. The molecule has 1 amide bonds. The molecule has 1 aromatic heterocycles. The number of aromatic nitrogens is 2. The van der Waals surface area contributed by atoms with Crippen LogP contribution in [0, 0.1) is 6.92 Å². The molecule has 0 aliphatic heterocycles. The lowest BCUT2D eigenvalue weighted by molar-refractivity contribution is 0.0933. The highest BCUT2D eigenvalue weighted by Gasteiger charge is 2.18. The van der Waals surface area contributed by atoms with Crippen molar-refractivity contribution in [2.24, 2.45) is 0 Å². The van der Waals surface area contributed by atoms with Crippen molar-refractivity contribution in [3.8, 4) is 0 Å². The minimum absolute atomic E-state index is 0.113. The first-order chi connectivity index (χ1) is 11.2. The summed E-state index contributed by atoms with van der Waals surface area (Å²) in [5.74, 6) is 0.363. The summed E-state index contributed by atoms with van der Waals surface area (Å²) in [5.41, 5.74) is 2.80. The van der Waals surface area contributed by atoms with Crippen LogP contribution < -0.4 is 10.6 Å². The molecule has 5 heteroatoms. The van der Waals surface area contributed by atoms with E-state index in [1.54, 1.807) is 12.3 Å². The minimum atomic E-state index is -0.113. The van der Waals surface area contributed by atoms with Crippen molar-refractivity contribution < 1.29 is 4.79 Å². The molecule has 2 N–H and O–H groups in total. The zero-order chi connectivity index (χ0) is 16.1. The molecule has 120 valence electrons. The van der Waals surface area contributed by atoms with E-state index >= 15 is 0 Å². The average molecular weight is 310 g/mol. The Morgan fingerprint density at radius 3 is 2.65 bits per heavy atom. The highest BCUT2D eigenvalue weighted by Crippen LogP contribution is 2.18. The van der Waals surface area contributed by atoms with Gasteiger partial charge in [-0.3, -0.25) is 4.79 Å². The van der Waals surface area contributed by atoms with Gasteiger partial charge in [-0.05, 0) is 31.4 Å². The van der Waals surface area contributed by atoms with E-state index in [4.69, 9.17) is 0 Å². The number of amides is 1. The molecule has 1 aliphatic carbocycles. The largest absolute Gasteiger partial charge is 0.350 e. The fourth-order valence-electron chi connectivity index (χ4n) is 2.79. The summed E-state index contributed by atoms with van der Waals surface area (Å²) in [7, 11) is 0. The van der Waals surface area contributed by atoms with Crippen LogP contribution in [0.2, 0.25) is 0 Å². The molecule has 5 nitrogen and oxygen atoms in total. The Morgan fingerprint density at radius 2 is 1.91 bits per heavy atom. The maximum Gasteiger partial charge on any atom is 0.270 e. The van der Waals surface area contributed by atoms with Gasteiger partial charge in [-0.1, -0.05) is 42.7 Å². The average Bonchev–Trinajstić information content (AvgIpc) is 3.07. The Morgan fingerprint density at radius 1 is 1.17 bits per heavy atom. The number of anilines is 1. The van der Waals surface area contributed by atoms with Gasteiger partial charge < -0.3 is 10.6 Å². The summed E-state index contributed by atoms with van der Waals surface area (Å²) in [6, 6.07) is 10.2. The SMILES string of the molecule is Cc1ccc(CNc2nccc(C(=O)NC3CCCC3)n2)cc1. The summed E-state index contributed by atoms with van der Waals surface area (Å²) in [4.78, 5) is 20.7. The predicted octanol–water partition coefficient (Wildman–Crippen LogP) is 3.07. The van der Waals surface area contributed by atoms with Crippen LogP contribution in [-0.2, 0) is 6.54 Å². The zero-order valence-electron chi connectivity index (χ0n) is 13.4. The minimum Gasteiger partial charge on any atom is -0.350 e. The Hall–Kier alpha value is -2.43. The Kier molecular flexibility index (Phi) is 4.86. The van der Waals surface area contributed by atoms with E-state index < -0.39 is 0 Å². The van der Waals surface area contributed by atoms with Crippen molar-refractivity contribution in [1.82, 2.24) is 15.3 Å². The van der Waals surface area contributed by atoms with Gasteiger partial charge in [-0.15, -0.1) is 0 Å². The number of nitrogens with zero attached hydrogens (tertiary/aromatic N) is 2. The summed E-state index contributed by atoms with van der Waals surface area (Å²) in [5, 5.41) is 6.21. The molecular weight excluding hydrogens is 288 g/mol. The molecule has 0 radical (unpaired) electrons. The molecule has 23 heavy (non-hydrogen) atoms. The third-order valence-electron chi connectivity index (χ3n) is 4.15. The third-order valence-corrected chi connectivity index (χ3v) is 4.15. The second-order valence-electron chi connectivity index (χ2n) is 6.06. The number of carbonyl (C=O) groups excluding carboxylic acids is 1. The molecule has 0 atom stereocenters. The van der Waals surface area contributed by atoms with Gasteiger partial charge in [0, 0.05) is 18.8 Å². The van der Waals surface area contributed by atoms with Crippen molar-refractivity contribution in [1.29, 1.82) is 0 Å². The summed E-state index contributed by atoms with van der Waals surface area (Å²) in [6.07, 6.45) is 6.13. The lowest BCUT2D eigenvalue weighted by Gasteiger charge is -2.12. The van der Waals surface area contributed by atoms with E-state index in [-0.39, 0.29) is 5.91 Å². The van der Waals surface area contributed by atoms with Crippen molar-refractivity contribution in [2.45, 2.75) is 45.2 Å². The highest BCUT2D eigenvalue weighted by molar-refractivity contribution is 5.92. The van der Waals surface area contributed by atoms with E-state index in [1.165, 1.54) is 18.4 Å². The van der Waals surface area contributed by atoms with Crippen LogP contribution in [0.15, 0.2) is 36.5 Å². The number of nitrogens with one attached hydrogen (secondary N) is 2. The first-order valence-electron chi connectivity index (χ1n) is 8.14. The van der Waals surface area contributed by atoms with Gasteiger partial charge in [0.25, 0.3) is 5.91 Å². The van der Waals surface area contributed by atoms with E-state index in [0.29, 0.717) is 24.2 Å². The van der Waals surface area contributed by atoms with Gasteiger partial charge in [0.15, 0.2) is 0 Å². The molecule has 1 saturated carbocycles. The van der Waals surface area contributed by atoms with Gasteiger partial charge in [0.1, 0.15) is 5.69 Å². The molecule has 2 aromatic rings. The van der Waals surface area contributed by atoms with Crippen LogP contribution >= 0.6 is 0 Å². The van der Waals surface area contributed by atoms with Gasteiger partial charge in [0.2, 0.25) is 5.95 Å². The summed E-state index contributed by atoms with van der Waals surface area (Å²) >= 11 is 0. The van der Waals surface area contributed by atoms with Gasteiger partial charge >= 0.3 is 0 Å². The second kappa shape index (κ2) is 7.22. The predicted molar refractivity (Wildman–Crippen MR) is 90.3 cm³/mol. The normalized spacial score (nSPS) is 14.7. The number of rotatable bonds is 5. The standard InChI is InChI=1S/C18H22N4O/c1-13-6-8-14(9-7-13)12-20-18-19-11-10-16(22-18)17(23)21-15-4-2-3-5-15/h6-11,15H,2-5,12H2,1H3,(H,21,23)(H,19,20,22). The lowest BCUT2D eigenvalue weighted by Crippen LogP contribution is -2.33. The van der Waals surface area contributed by atoms with E-state index in [1.807, 2.05) is 0 Å². The van der Waals surface area contributed by atoms with Crippen LogP contribution in [-0.4, -0.2) is 21.9 Å².